The van der Waals surface area contributed by atoms with E-state index >= 15 is 0 Å². The van der Waals surface area contributed by atoms with Gasteiger partial charge in [0, 0.05) is 26.9 Å². The molecule has 1 aliphatic rings. The van der Waals surface area contributed by atoms with Crippen molar-refractivity contribution in [3.8, 4) is 0 Å². The second-order valence-corrected chi connectivity index (χ2v) is 5.05. The average Bonchev–Trinajstić information content (AvgIpc) is 2.97. The fraction of sp³-hybridized carbons (Fsp3) is 0.667. The molecule has 1 aliphatic heterocycles. The summed E-state index contributed by atoms with van der Waals surface area (Å²) in [6, 6.07) is 5.69. The van der Waals surface area contributed by atoms with Crippen LogP contribution in [0.2, 0.25) is 0 Å². The van der Waals surface area contributed by atoms with Crippen molar-refractivity contribution in [1.82, 2.24) is 10.3 Å². The Hall–Kier alpha value is -1.07. The van der Waals surface area contributed by atoms with Crippen LogP contribution < -0.4 is 5.32 Å². The van der Waals surface area contributed by atoms with Gasteiger partial charge in [-0.1, -0.05) is 19.9 Å². The van der Waals surface area contributed by atoms with Crippen LogP contribution in [0, 0.1) is 0 Å². The third-order valence-corrected chi connectivity index (χ3v) is 2.85. The molecule has 0 amide bonds. The average molecular weight is 288 g/mol. The molecule has 116 valence electrons. The number of hydrogen-bond acceptors (Lipinski definition) is 3. The molecular weight excluding hydrogens is 262 g/mol. The third-order valence-electron chi connectivity index (χ3n) is 2.85. The van der Waals surface area contributed by atoms with E-state index < -0.39 is 6.43 Å². The lowest BCUT2D eigenvalue weighted by Gasteiger charge is -2.07. The van der Waals surface area contributed by atoms with Crippen molar-refractivity contribution in [2.45, 2.75) is 45.6 Å². The van der Waals surface area contributed by atoms with Crippen LogP contribution in [0.25, 0.3) is 0 Å². The Morgan fingerprint density at radius 1 is 1.30 bits per heavy atom. The van der Waals surface area contributed by atoms with Gasteiger partial charge in [0.2, 0.25) is 0 Å². The largest absolute Gasteiger partial charge is 0.381 e. The van der Waals surface area contributed by atoms with Crippen LogP contribution in [-0.4, -0.2) is 31.2 Å². The molecule has 1 aromatic rings. The normalized spacial score (nSPS) is 14.5. The minimum absolute atomic E-state index is 0. The number of ether oxygens (including phenoxy) is 1. The van der Waals surface area contributed by atoms with Crippen LogP contribution >= 0.6 is 0 Å². The minimum Gasteiger partial charge on any atom is -0.381 e. The Balaban J connectivity index is 0.000000562. The summed E-state index contributed by atoms with van der Waals surface area (Å²) >= 11 is 0. The molecule has 0 atom stereocenters. The molecule has 0 aliphatic carbocycles. The highest BCUT2D eigenvalue weighted by Gasteiger charge is 2.04. The van der Waals surface area contributed by atoms with E-state index in [0.29, 0.717) is 12.5 Å². The first kappa shape index (κ1) is 17.0. The van der Waals surface area contributed by atoms with Gasteiger partial charge in [-0.3, -0.25) is 4.98 Å². The number of halogens is 2. The fourth-order valence-corrected chi connectivity index (χ4v) is 1.74. The standard InChI is InChI=1S/C11H16F2N2.C4H8O.H2/c1-8(2)10-5-3-4-9(15-10)6-14-7-11(12)13;1-2-4-5-3-1;/h3-5,8,11,14H,6-7H2,1-2H3;1-4H2;1H. The first-order chi connectivity index (χ1) is 9.59. The van der Waals surface area contributed by atoms with Crippen LogP contribution in [0.4, 0.5) is 8.78 Å². The summed E-state index contributed by atoms with van der Waals surface area (Å²) in [4.78, 5) is 4.36. The third kappa shape index (κ3) is 7.50. The second-order valence-electron chi connectivity index (χ2n) is 5.05. The van der Waals surface area contributed by atoms with E-state index in [-0.39, 0.29) is 7.97 Å². The van der Waals surface area contributed by atoms with Gasteiger partial charge in [0.05, 0.1) is 12.2 Å². The number of nitrogens with zero attached hydrogens (tertiary/aromatic N) is 1. The summed E-state index contributed by atoms with van der Waals surface area (Å²) in [6.07, 6.45) is 0.248. The zero-order valence-corrected chi connectivity index (χ0v) is 12.2. The summed E-state index contributed by atoms with van der Waals surface area (Å²) in [6.45, 7) is 6.22. The van der Waals surface area contributed by atoms with Crippen LogP contribution in [-0.2, 0) is 11.3 Å². The Morgan fingerprint density at radius 2 is 2.00 bits per heavy atom. The van der Waals surface area contributed by atoms with Gasteiger partial charge in [-0.05, 0) is 30.9 Å². The Kier molecular flexibility index (Phi) is 8.30. The van der Waals surface area contributed by atoms with E-state index in [9.17, 15) is 8.78 Å². The van der Waals surface area contributed by atoms with Gasteiger partial charge in [-0.15, -0.1) is 0 Å². The smallest absolute Gasteiger partial charge is 0.250 e. The summed E-state index contributed by atoms with van der Waals surface area (Å²) in [5.74, 6) is 0.361. The lowest BCUT2D eigenvalue weighted by atomic mass is 10.1. The quantitative estimate of drug-likeness (QED) is 0.899. The van der Waals surface area contributed by atoms with E-state index in [2.05, 4.69) is 24.1 Å². The van der Waals surface area contributed by atoms with E-state index in [1.165, 1.54) is 12.8 Å². The van der Waals surface area contributed by atoms with E-state index in [0.717, 1.165) is 24.6 Å². The molecule has 0 bridgehead atoms. The van der Waals surface area contributed by atoms with Gasteiger partial charge in [0.25, 0.3) is 6.43 Å². The molecule has 1 N–H and O–H groups in total. The first-order valence-corrected chi connectivity index (χ1v) is 7.12. The molecule has 5 heteroatoms. The lowest BCUT2D eigenvalue weighted by molar-refractivity contribution is 0.145. The number of alkyl halides is 2. The summed E-state index contributed by atoms with van der Waals surface area (Å²) in [5, 5.41) is 2.65. The van der Waals surface area contributed by atoms with Crippen molar-refractivity contribution < 1.29 is 14.9 Å². The maximum absolute atomic E-state index is 11.9. The summed E-state index contributed by atoms with van der Waals surface area (Å²) < 4.78 is 28.7. The topological polar surface area (TPSA) is 34.1 Å². The van der Waals surface area contributed by atoms with E-state index in [1.54, 1.807) is 0 Å². The molecule has 0 spiro atoms. The van der Waals surface area contributed by atoms with Crippen molar-refractivity contribution in [1.29, 1.82) is 0 Å². The van der Waals surface area contributed by atoms with Crippen LogP contribution in [0.3, 0.4) is 0 Å². The lowest BCUT2D eigenvalue weighted by Crippen LogP contribution is -2.21. The Bertz CT molecular complexity index is 367. The number of nitrogens with one attached hydrogen (secondary N) is 1. The maximum Gasteiger partial charge on any atom is 0.250 e. The fourth-order valence-electron chi connectivity index (χ4n) is 1.74. The number of pyridine rings is 1. The molecule has 0 saturated carbocycles. The second kappa shape index (κ2) is 9.77. The SMILES string of the molecule is C1CCOC1.CC(C)c1cccc(CNCC(F)F)n1.[HH]. The molecule has 3 nitrogen and oxygen atoms in total. The van der Waals surface area contributed by atoms with Gasteiger partial charge in [-0.25, -0.2) is 8.78 Å². The molecule has 0 aromatic carbocycles. The molecule has 2 rings (SSSR count). The van der Waals surface area contributed by atoms with Crippen molar-refractivity contribution in [2.75, 3.05) is 19.8 Å². The molecule has 1 aromatic heterocycles. The highest BCUT2D eigenvalue weighted by Crippen LogP contribution is 2.11. The summed E-state index contributed by atoms with van der Waals surface area (Å²) in [5.41, 5.74) is 1.80. The van der Waals surface area contributed by atoms with Crippen molar-refractivity contribution >= 4 is 0 Å². The molecule has 0 radical (unpaired) electrons. The van der Waals surface area contributed by atoms with E-state index in [1.807, 2.05) is 18.2 Å². The van der Waals surface area contributed by atoms with Crippen LogP contribution in [0.1, 0.15) is 45.4 Å². The maximum atomic E-state index is 11.9. The zero-order valence-electron chi connectivity index (χ0n) is 12.2. The van der Waals surface area contributed by atoms with Crippen molar-refractivity contribution in [3.05, 3.63) is 29.6 Å². The Morgan fingerprint density at radius 3 is 2.50 bits per heavy atom. The highest BCUT2D eigenvalue weighted by atomic mass is 19.3. The molecule has 1 fully saturated rings. The molecule has 1 saturated heterocycles. The van der Waals surface area contributed by atoms with E-state index in [4.69, 9.17) is 4.74 Å². The van der Waals surface area contributed by atoms with Crippen molar-refractivity contribution in [3.63, 3.8) is 0 Å². The predicted octanol–water partition coefficient (Wildman–Crippen LogP) is 3.60. The number of aromatic nitrogens is 1. The predicted molar refractivity (Wildman–Crippen MR) is 78.2 cm³/mol. The molecule has 20 heavy (non-hydrogen) atoms. The molecule has 2 heterocycles. The van der Waals surface area contributed by atoms with Gasteiger partial charge in [0.1, 0.15) is 0 Å². The zero-order chi connectivity index (χ0) is 14.8. The monoisotopic (exact) mass is 288 g/mol. The first-order valence-electron chi connectivity index (χ1n) is 7.12. The number of rotatable bonds is 5. The van der Waals surface area contributed by atoms with Crippen molar-refractivity contribution in [2.24, 2.45) is 0 Å². The van der Waals surface area contributed by atoms with Gasteiger partial charge in [-0.2, -0.15) is 0 Å². The van der Waals surface area contributed by atoms with Gasteiger partial charge >= 0.3 is 0 Å². The number of hydrogen-bond donors (Lipinski definition) is 1. The molecule has 0 unspecified atom stereocenters. The Labute approximate surface area is 121 Å². The van der Waals surface area contributed by atoms with Crippen LogP contribution in [0.5, 0.6) is 0 Å². The van der Waals surface area contributed by atoms with Gasteiger partial charge in [0.15, 0.2) is 0 Å². The minimum atomic E-state index is -2.31. The summed E-state index contributed by atoms with van der Waals surface area (Å²) in [7, 11) is 0. The van der Waals surface area contributed by atoms with Crippen LogP contribution in [0.15, 0.2) is 18.2 Å². The molecular formula is C15H26F2N2O. The highest BCUT2D eigenvalue weighted by molar-refractivity contribution is 5.13. The van der Waals surface area contributed by atoms with Gasteiger partial charge < -0.3 is 10.1 Å².